The first-order valence-electron chi connectivity index (χ1n) is 9.01. The van der Waals surface area contributed by atoms with Gasteiger partial charge in [0.15, 0.2) is 0 Å². The second-order valence-electron chi connectivity index (χ2n) is 6.74. The first-order valence-corrected chi connectivity index (χ1v) is 9.39. The van der Waals surface area contributed by atoms with E-state index in [2.05, 4.69) is 30.3 Å². The number of fused-ring (bicyclic) bond motifs is 2. The molecule has 1 heterocycles. The highest BCUT2D eigenvalue weighted by molar-refractivity contribution is 6.30. The molecule has 0 unspecified atom stereocenters. The molecule has 0 N–H and O–H groups in total. The van der Waals surface area contributed by atoms with Crippen LogP contribution in [0.3, 0.4) is 0 Å². The second kappa shape index (κ2) is 6.66. The third kappa shape index (κ3) is 2.88. The van der Waals surface area contributed by atoms with E-state index in [1.54, 1.807) is 18.2 Å². The van der Waals surface area contributed by atoms with Crippen LogP contribution in [0.25, 0.3) is 33.4 Å². The molecule has 3 heteroatoms. The minimum Gasteiger partial charge on any atom is -0.422 e. The summed E-state index contributed by atoms with van der Waals surface area (Å²) in [5, 5.41) is 5.14. The Bertz CT molecular complexity index is 1240. The molecule has 28 heavy (non-hydrogen) atoms. The Kier molecular flexibility index (Phi) is 4.00. The molecule has 0 radical (unpaired) electrons. The molecular weight excluding hydrogens is 368 g/mol. The number of ether oxygens (including phenoxy) is 1. The molecule has 5 rings (SSSR count). The lowest BCUT2D eigenvalue weighted by Gasteiger charge is -2.08. The normalized spacial score (nSPS) is 15.2. The summed E-state index contributed by atoms with van der Waals surface area (Å²) in [5.74, 6) is 0.194. The van der Waals surface area contributed by atoms with Gasteiger partial charge in [-0.1, -0.05) is 60.1 Å². The maximum Gasteiger partial charge on any atom is 0.343 e. The topological polar surface area (TPSA) is 26.3 Å². The molecule has 4 aromatic rings. The predicted octanol–water partition coefficient (Wildman–Crippen LogP) is 6.63. The number of carbonyl (C=O) groups is 1. The fraction of sp³-hybridized carbons (Fsp3) is 0. The minimum atomic E-state index is -0.345. The molecule has 0 bridgehead atoms. The van der Waals surface area contributed by atoms with Crippen molar-refractivity contribution in [3.63, 3.8) is 0 Å². The molecule has 0 saturated heterocycles. The summed E-state index contributed by atoms with van der Waals surface area (Å²) in [7, 11) is 0. The minimum absolute atomic E-state index is 0.345. The summed E-state index contributed by atoms with van der Waals surface area (Å²) in [6.45, 7) is 0. The smallest absolute Gasteiger partial charge is 0.343 e. The van der Waals surface area contributed by atoms with Crippen LogP contribution in [0.15, 0.2) is 90.5 Å². The molecule has 1 aliphatic heterocycles. The summed E-state index contributed by atoms with van der Waals surface area (Å²) in [6.07, 6.45) is 3.72. The lowest BCUT2D eigenvalue weighted by atomic mass is 9.95. The number of hydrogen-bond acceptors (Lipinski definition) is 2. The third-order valence-electron chi connectivity index (χ3n) is 4.97. The van der Waals surface area contributed by atoms with E-state index in [9.17, 15) is 4.79 Å². The highest BCUT2D eigenvalue weighted by Gasteiger charge is 2.22. The number of halogens is 1. The van der Waals surface area contributed by atoms with E-state index in [4.69, 9.17) is 16.3 Å². The Balaban J connectivity index is 1.70. The van der Waals surface area contributed by atoms with Crippen molar-refractivity contribution in [1.29, 1.82) is 0 Å². The predicted molar refractivity (Wildman–Crippen MR) is 115 cm³/mol. The van der Waals surface area contributed by atoms with Crippen molar-refractivity contribution in [2.45, 2.75) is 0 Å². The third-order valence-corrected chi connectivity index (χ3v) is 5.22. The molecular formula is C25H15ClO2. The van der Waals surface area contributed by atoms with E-state index in [0.717, 1.165) is 32.7 Å². The van der Waals surface area contributed by atoms with Crippen LogP contribution in [0.1, 0.15) is 11.1 Å². The molecule has 0 aliphatic carbocycles. The van der Waals surface area contributed by atoms with Gasteiger partial charge in [0.25, 0.3) is 0 Å². The summed E-state index contributed by atoms with van der Waals surface area (Å²) in [4.78, 5) is 12.5. The molecule has 0 fully saturated rings. The first kappa shape index (κ1) is 16.8. The molecule has 0 amide bonds. The van der Waals surface area contributed by atoms with Gasteiger partial charge in [0.2, 0.25) is 0 Å². The molecule has 4 aromatic carbocycles. The zero-order chi connectivity index (χ0) is 19.1. The van der Waals surface area contributed by atoms with Gasteiger partial charge in [-0.15, -0.1) is 0 Å². The van der Waals surface area contributed by atoms with Crippen molar-refractivity contribution >= 4 is 51.0 Å². The van der Waals surface area contributed by atoms with Crippen LogP contribution < -0.4 is 0 Å². The summed E-state index contributed by atoms with van der Waals surface area (Å²) in [6, 6.07) is 25.9. The fourth-order valence-corrected chi connectivity index (χ4v) is 3.73. The molecule has 0 aromatic heterocycles. The number of cyclic esters (lactones) is 1. The van der Waals surface area contributed by atoms with Gasteiger partial charge in [-0.05, 0) is 69.6 Å². The Morgan fingerprint density at radius 3 is 2.04 bits per heavy atom. The Morgan fingerprint density at radius 1 is 0.786 bits per heavy atom. The van der Waals surface area contributed by atoms with Gasteiger partial charge >= 0.3 is 5.97 Å². The van der Waals surface area contributed by atoms with Crippen molar-refractivity contribution < 1.29 is 9.53 Å². The van der Waals surface area contributed by atoms with Crippen LogP contribution in [0.4, 0.5) is 0 Å². The Labute approximate surface area is 167 Å². The van der Waals surface area contributed by atoms with Crippen LogP contribution >= 0.6 is 11.6 Å². The molecule has 2 nitrogen and oxygen atoms in total. The van der Waals surface area contributed by atoms with Crippen molar-refractivity contribution in [1.82, 2.24) is 0 Å². The zero-order valence-corrected chi connectivity index (χ0v) is 15.6. The summed E-state index contributed by atoms with van der Waals surface area (Å²) in [5.41, 5.74) is 2.38. The summed E-state index contributed by atoms with van der Waals surface area (Å²) < 4.78 is 5.51. The first-order chi connectivity index (χ1) is 13.7. The average Bonchev–Trinajstić information content (AvgIpc) is 3.08. The lowest BCUT2D eigenvalue weighted by Crippen LogP contribution is -1.97. The highest BCUT2D eigenvalue weighted by atomic mass is 35.5. The van der Waals surface area contributed by atoms with Crippen LogP contribution in [-0.4, -0.2) is 5.97 Å². The second-order valence-corrected chi connectivity index (χ2v) is 7.17. The maximum atomic E-state index is 12.5. The quantitative estimate of drug-likeness (QED) is 0.221. The van der Waals surface area contributed by atoms with Gasteiger partial charge in [-0.3, -0.25) is 0 Å². The van der Waals surface area contributed by atoms with E-state index in [0.29, 0.717) is 16.4 Å². The van der Waals surface area contributed by atoms with Crippen molar-refractivity contribution in [3.8, 4) is 0 Å². The van der Waals surface area contributed by atoms with Crippen molar-refractivity contribution in [3.05, 3.63) is 107 Å². The van der Waals surface area contributed by atoms with E-state index in [-0.39, 0.29) is 5.97 Å². The molecule has 0 atom stereocenters. The van der Waals surface area contributed by atoms with Crippen molar-refractivity contribution in [2.24, 2.45) is 0 Å². The van der Waals surface area contributed by atoms with E-state index in [1.165, 1.54) is 0 Å². The number of carbonyl (C=O) groups excluding carboxylic acids is 1. The highest BCUT2D eigenvalue weighted by Crippen LogP contribution is 2.33. The SMILES string of the molecule is O=C1OC(c2ccc(Cl)cc2)=C/C1=C\c1c2ccccc2cc2ccccc12. The number of esters is 1. The van der Waals surface area contributed by atoms with Gasteiger partial charge in [-0.25, -0.2) is 4.79 Å². The number of benzene rings is 4. The largest absolute Gasteiger partial charge is 0.422 e. The van der Waals surface area contributed by atoms with Crippen LogP contribution in [0.2, 0.25) is 5.02 Å². The molecule has 0 saturated carbocycles. The van der Waals surface area contributed by atoms with Crippen LogP contribution in [0.5, 0.6) is 0 Å². The van der Waals surface area contributed by atoms with Gasteiger partial charge in [0.05, 0.1) is 5.57 Å². The molecule has 134 valence electrons. The number of rotatable bonds is 2. The number of hydrogen-bond donors (Lipinski definition) is 0. The summed E-state index contributed by atoms with van der Waals surface area (Å²) >= 11 is 5.96. The fourth-order valence-electron chi connectivity index (χ4n) is 3.61. The maximum absolute atomic E-state index is 12.5. The monoisotopic (exact) mass is 382 g/mol. The van der Waals surface area contributed by atoms with E-state index < -0.39 is 0 Å². The molecule has 0 spiro atoms. The lowest BCUT2D eigenvalue weighted by molar-refractivity contribution is -0.130. The Morgan fingerprint density at radius 2 is 1.39 bits per heavy atom. The van der Waals surface area contributed by atoms with Gasteiger partial charge in [0.1, 0.15) is 5.76 Å². The Hall–Kier alpha value is -3.36. The van der Waals surface area contributed by atoms with Crippen LogP contribution in [-0.2, 0) is 9.53 Å². The van der Waals surface area contributed by atoms with Gasteiger partial charge in [-0.2, -0.15) is 0 Å². The van der Waals surface area contributed by atoms with Crippen molar-refractivity contribution in [2.75, 3.05) is 0 Å². The molecule has 1 aliphatic rings. The van der Waals surface area contributed by atoms with E-state index >= 15 is 0 Å². The zero-order valence-electron chi connectivity index (χ0n) is 14.9. The van der Waals surface area contributed by atoms with Gasteiger partial charge < -0.3 is 4.74 Å². The standard InChI is InChI=1S/C25H15ClO2/c26-20-11-9-16(10-12-20)24-15-19(25(27)28-24)14-23-21-7-3-1-5-17(21)13-18-6-2-4-8-22(18)23/h1-15H/b19-14+. The van der Waals surface area contributed by atoms with Gasteiger partial charge in [0, 0.05) is 10.6 Å². The van der Waals surface area contributed by atoms with Crippen LogP contribution in [0, 0.1) is 0 Å². The van der Waals surface area contributed by atoms with E-state index in [1.807, 2.05) is 42.5 Å². The average molecular weight is 383 g/mol.